The van der Waals surface area contributed by atoms with E-state index in [1.807, 2.05) is 13.0 Å². The first-order valence-corrected chi connectivity index (χ1v) is 9.92. The van der Waals surface area contributed by atoms with E-state index in [-0.39, 0.29) is 12.1 Å². The van der Waals surface area contributed by atoms with Crippen molar-refractivity contribution in [1.82, 2.24) is 0 Å². The lowest BCUT2D eigenvalue weighted by Gasteiger charge is -2.44. The van der Waals surface area contributed by atoms with E-state index in [4.69, 9.17) is 14.2 Å². The lowest BCUT2D eigenvalue weighted by atomic mass is 9.76. The van der Waals surface area contributed by atoms with Crippen LogP contribution in [0, 0.1) is 19.8 Å². The smallest absolute Gasteiger partial charge is 0.161 e. The summed E-state index contributed by atoms with van der Waals surface area (Å²) in [6.07, 6.45) is 2.41. The highest BCUT2D eigenvalue weighted by Gasteiger charge is 2.40. The summed E-state index contributed by atoms with van der Waals surface area (Å²) in [4.78, 5) is 0. The molecule has 2 aromatic carbocycles. The lowest BCUT2D eigenvalue weighted by molar-refractivity contribution is -0.0382. The van der Waals surface area contributed by atoms with Crippen molar-refractivity contribution in [2.45, 2.75) is 45.8 Å². The van der Waals surface area contributed by atoms with Crippen LogP contribution in [-0.4, -0.2) is 20.3 Å². The van der Waals surface area contributed by atoms with Gasteiger partial charge >= 0.3 is 0 Å². The van der Waals surface area contributed by atoms with Crippen LogP contribution in [0.1, 0.15) is 54.2 Å². The van der Waals surface area contributed by atoms with Gasteiger partial charge in [-0.3, -0.25) is 0 Å². The molecule has 2 heterocycles. The van der Waals surface area contributed by atoms with Crippen molar-refractivity contribution >= 4 is 5.69 Å². The summed E-state index contributed by atoms with van der Waals surface area (Å²) < 4.78 is 17.6. The van der Waals surface area contributed by atoms with E-state index in [9.17, 15) is 0 Å². The molecule has 1 saturated heterocycles. The summed E-state index contributed by atoms with van der Waals surface area (Å²) in [5, 5.41) is 3.83. The average molecular weight is 367 g/mol. The van der Waals surface area contributed by atoms with Crippen LogP contribution in [-0.2, 0) is 4.74 Å². The van der Waals surface area contributed by atoms with Gasteiger partial charge < -0.3 is 19.5 Å². The van der Waals surface area contributed by atoms with E-state index in [2.05, 4.69) is 43.4 Å². The number of hydrogen-bond donors (Lipinski definition) is 1. The number of benzene rings is 2. The molecule has 2 aliphatic rings. The number of ether oxygens (including phenoxy) is 3. The lowest BCUT2D eigenvalue weighted by Crippen LogP contribution is -2.36. The van der Waals surface area contributed by atoms with Crippen LogP contribution in [0.2, 0.25) is 0 Å². The second kappa shape index (κ2) is 7.43. The summed E-state index contributed by atoms with van der Waals surface area (Å²) >= 11 is 0. The van der Waals surface area contributed by atoms with Gasteiger partial charge in [0.15, 0.2) is 11.5 Å². The summed E-state index contributed by atoms with van der Waals surface area (Å²) in [6.45, 7) is 7.79. The van der Waals surface area contributed by atoms with Crippen LogP contribution < -0.4 is 14.8 Å². The van der Waals surface area contributed by atoms with Crippen molar-refractivity contribution in [2.24, 2.45) is 5.92 Å². The Labute approximate surface area is 161 Å². The van der Waals surface area contributed by atoms with Gasteiger partial charge in [-0.05, 0) is 56.9 Å². The number of aryl methyl sites for hydroxylation is 2. The molecule has 2 aliphatic heterocycles. The molecule has 4 heteroatoms. The third kappa shape index (κ3) is 3.27. The molecular weight excluding hydrogens is 338 g/mol. The molecule has 1 N–H and O–H groups in total. The monoisotopic (exact) mass is 367 g/mol. The SMILES string of the molecule is CCOc1ccc([C@@H]2Nc3c(C)cc(C)cc3[C@H]3OCCC[C@H]32)cc1OC. The Morgan fingerprint density at radius 3 is 2.78 bits per heavy atom. The number of fused-ring (bicyclic) bond motifs is 3. The molecule has 0 spiro atoms. The quantitative estimate of drug-likeness (QED) is 0.791. The predicted molar refractivity (Wildman–Crippen MR) is 108 cm³/mol. The zero-order valence-electron chi connectivity index (χ0n) is 16.7. The Balaban J connectivity index is 1.76. The molecule has 0 saturated carbocycles. The van der Waals surface area contributed by atoms with Crippen LogP contribution in [0.4, 0.5) is 5.69 Å². The van der Waals surface area contributed by atoms with Gasteiger partial charge in [-0.15, -0.1) is 0 Å². The van der Waals surface area contributed by atoms with Crippen molar-refractivity contribution in [3.63, 3.8) is 0 Å². The zero-order valence-corrected chi connectivity index (χ0v) is 16.7. The van der Waals surface area contributed by atoms with E-state index in [0.29, 0.717) is 12.5 Å². The summed E-state index contributed by atoms with van der Waals surface area (Å²) in [5.74, 6) is 1.99. The molecule has 0 bridgehead atoms. The fourth-order valence-electron chi connectivity index (χ4n) is 4.63. The summed E-state index contributed by atoms with van der Waals surface area (Å²) in [7, 11) is 1.70. The molecule has 27 heavy (non-hydrogen) atoms. The van der Waals surface area contributed by atoms with Gasteiger partial charge in [-0.25, -0.2) is 0 Å². The van der Waals surface area contributed by atoms with E-state index < -0.39 is 0 Å². The fraction of sp³-hybridized carbons (Fsp3) is 0.478. The first kappa shape index (κ1) is 18.2. The molecule has 2 aromatic rings. The molecule has 4 rings (SSSR count). The predicted octanol–water partition coefficient (Wildman–Crippen LogP) is 5.35. The van der Waals surface area contributed by atoms with Crippen LogP contribution >= 0.6 is 0 Å². The number of nitrogens with one attached hydrogen (secondary N) is 1. The molecule has 0 unspecified atom stereocenters. The number of methoxy groups -OCH3 is 1. The molecule has 0 aliphatic carbocycles. The third-order valence-electron chi connectivity index (χ3n) is 5.76. The van der Waals surface area contributed by atoms with Gasteiger partial charge in [-0.1, -0.05) is 23.8 Å². The van der Waals surface area contributed by atoms with E-state index >= 15 is 0 Å². The third-order valence-corrected chi connectivity index (χ3v) is 5.76. The van der Waals surface area contributed by atoms with Crippen molar-refractivity contribution in [3.8, 4) is 11.5 Å². The molecule has 4 nitrogen and oxygen atoms in total. The summed E-state index contributed by atoms with van der Waals surface area (Å²) in [6, 6.07) is 11.0. The molecule has 144 valence electrons. The maximum absolute atomic E-state index is 6.29. The van der Waals surface area contributed by atoms with E-state index in [1.54, 1.807) is 7.11 Å². The maximum atomic E-state index is 6.29. The van der Waals surface area contributed by atoms with E-state index in [1.165, 1.54) is 27.9 Å². The highest BCUT2D eigenvalue weighted by atomic mass is 16.5. The topological polar surface area (TPSA) is 39.7 Å². The van der Waals surface area contributed by atoms with Gasteiger partial charge in [-0.2, -0.15) is 0 Å². The minimum absolute atomic E-state index is 0.149. The molecule has 1 fully saturated rings. The van der Waals surface area contributed by atoms with Crippen LogP contribution in [0.25, 0.3) is 0 Å². The zero-order chi connectivity index (χ0) is 19.0. The fourth-order valence-corrected chi connectivity index (χ4v) is 4.63. The van der Waals surface area contributed by atoms with Gasteiger partial charge in [0.2, 0.25) is 0 Å². The normalized spacial score (nSPS) is 23.8. The first-order valence-electron chi connectivity index (χ1n) is 9.92. The second-order valence-electron chi connectivity index (χ2n) is 7.61. The Kier molecular flexibility index (Phi) is 5.00. The number of anilines is 1. The van der Waals surface area contributed by atoms with Gasteiger partial charge in [0.25, 0.3) is 0 Å². The standard InChI is InChI=1S/C23H29NO3/c1-5-26-19-9-8-16(13-20(19)25-4)22-17-7-6-10-27-23(17)18-12-14(2)11-15(3)21(18)24-22/h8-9,11-13,17,22-24H,5-7,10H2,1-4H3/t17-,22-,23-/m0/s1. The largest absolute Gasteiger partial charge is 0.493 e. The Morgan fingerprint density at radius 2 is 2.00 bits per heavy atom. The summed E-state index contributed by atoms with van der Waals surface area (Å²) in [5.41, 5.74) is 6.33. The molecule has 0 amide bonds. The van der Waals surface area contributed by atoms with Crippen molar-refractivity contribution in [1.29, 1.82) is 0 Å². The van der Waals surface area contributed by atoms with Crippen LogP contribution in [0.5, 0.6) is 11.5 Å². The van der Waals surface area contributed by atoms with Crippen molar-refractivity contribution < 1.29 is 14.2 Å². The number of hydrogen-bond acceptors (Lipinski definition) is 4. The maximum Gasteiger partial charge on any atom is 0.161 e. The molecule has 3 atom stereocenters. The van der Waals surface area contributed by atoms with Gasteiger partial charge in [0, 0.05) is 23.8 Å². The van der Waals surface area contributed by atoms with Crippen LogP contribution in [0.15, 0.2) is 30.3 Å². The van der Waals surface area contributed by atoms with Gasteiger partial charge in [0.05, 0.1) is 25.9 Å². The Bertz CT molecular complexity index is 833. The minimum atomic E-state index is 0.149. The highest BCUT2D eigenvalue weighted by molar-refractivity contribution is 5.63. The van der Waals surface area contributed by atoms with E-state index in [0.717, 1.165) is 30.9 Å². The first-order chi connectivity index (χ1) is 13.1. The number of rotatable bonds is 4. The Morgan fingerprint density at radius 1 is 1.15 bits per heavy atom. The molecule has 0 aromatic heterocycles. The van der Waals surface area contributed by atoms with Gasteiger partial charge in [0.1, 0.15) is 0 Å². The average Bonchev–Trinajstić information content (AvgIpc) is 2.68. The van der Waals surface area contributed by atoms with Crippen LogP contribution in [0.3, 0.4) is 0 Å². The highest BCUT2D eigenvalue weighted by Crippen LogP contribution is 2.50. The Hall–Kier alpha value is -2.20. The molecule has 0 radical (unpaired) electrons. The minimum Gasteiger partial charge on any atom is -0.493 e. The second-order valence-corrected chi connectivity index (χ2v) is 7.61. The van der Waals surface area contributed by atoms with Crippen molar-refractivity contribution in [3.05, 3.63) is 52.6 Å². The molecular formula is C23H29NO3. The van der Waals surface area contributed by atoms with Crippen molar-refractivity contribution in [2.75, 3.05) is 25.6 Å².